The van der Waals surface area contributed by atoms with Crippen molar-refractivity contribution in [2.24, 2.45) is 0 Å². The van der Waals surface area contributed by atoms with E-state index in [0.29, 0.717) is 0 Å². The van der Waals surface area contributed by atoms with E-state index in [-0.39, 0.29) is 0 Å². The number of halogens is 1. The van der Waals surface area contributed by atoms with Gasteiger partial charge in [0.1, 0.15) is 5.75 Å². The van der Waals surface area contributed by atoms with E-state index in [1.807, 2.05) is 18.2 Å². The molecule has 0 atom stereocenters. The summed E-state index contributed by atoms with van der Waals surface area (Å²) in [6.07, 6.45) is 0. The second kappa shape index (κ2) is 3.79. The smallest absolute Gasteiger partial charge is 0.189 e. The van der Waals surface area contributed by atoms with Gasteiger partial charge in [-0.15, -0.1) is 0 Å². The van der Waals surface area contributed by atoms with Crippen molar-refractivity contribution in [1.82, 2.24) is 0 Å². The fraction of sp³-hybridized carbons (Fsp3) is 0.200. The average Bonchev–Trinajstić information content (AvgIpc) is 2.55. The summed E-state index contributed by atoms with van der Waals surface area (Å²) in [5, 5.41) is 2.06. The largest absolute Gasteiger partial charge is 0.497 e. The fourth-order valence-electron chi connectivity index (χ4n) is 1.28. The van der Waals surface area contributed by atoms with Crippen LogP contribution in [0.4, 0.5) is 0 Å². The second-order valence-electron chi connectivity index (χ2n) is 2.77. The summed E-state index contributed by atoms with van der Waals surface area (Å²) in [7, 11) is 3.34. The third-order valence-corrected chi connectivity index (χ3v) is 4.16. The van der Waals surface area contributed by atoms with Crippen molar-refractivity contribution < 1.29 is 9.47 Å². The van der Waals surface area contributed by atoms with Crippen molar-refractivity contribution in [3.8, 4) is 10.8 Å². The van der Waals surface area contributed by atoms with Crippen molar-refractivity contribution in [3.63, 3.8) is 0 Å². The Morgan fingerprint density at radius 2 is 2.00 bits per heavy atom. The first-order valence-electron chi connectivity index (χ1n) is 4.06. The van der Waals surface area contributed by atoms with Crippen LogP contribution in [0.2, 0.25) is 0 Å². The number of benzene rings is 1. The molecule has 2 nitrogen and oxygen atoms in total. The Morgan fingerprint density at radius 3 is 2.64 bits per heavy atom. The van der Waals surface area contributed by atoms with E-state index in [1.165, 1.54) is 0 Å². The highest BCUT2D eigenvalue weighted by Crippen LogP contribution is 2.42. The van der Waals surface area contributed by atoms with E-state index in [9.17, 15) is 0 Å². The molecular formula is C10H9BrO2S. The number of methoxy groups -OCH3 is 2. The van der Waals surface area contributed by atoms with Gasteiger partial charge in [-0.25, -0.2) is 0 Å². The number of hydrogen-bond acceptors (Lipinski definition) is 3. The summed E-state index contributed by atoms with van der Waals surface area (Å²) in [5.41, 5.74) is 0. The molecule has 0 spiro atoms. The Labute approximate surface area is 94.6 Å². The van der Waals surface area contributed by atoms with Gasteiger partial charge in [0.15, 0.2) is 5.06 Å². The molecule has 0 aliphatic rings. The first-order chi connectivity index (χ1) is 6.76. The molecule has 4 heteroatoms. The average molecular weight is 273 g/mol. The van der Waals surface area contributed by atoms with Gasteiger partial charge in [-0.05, 0) is 34.1 Å². The lowest BCUT2D eigenvalue weighted by molar-refractivity contribution is 0.415. The summed E-state index contributed by atoms with van der Waals surface area (Å²) < 4.78 is 12.6. The monoisotopic (exact) mass is 272 g/mol. The van der Waals surface area contributed by atoms with Gasteiger partial charge in [0.25, 0.3) is 0 Å². The van der Waals surface area contributed by atoms with E-state index in [4.69, 9.17) is 9.47 Å². The molecule has 0 radical (unpaired) electrons. The van der Waals surface area contributed by atoms with Crippen molar-refractivity contribution in [2.75, 3.05) is 14.2 Å². The van der Waals surface area contributed by atoms with Crippen LogP contribution in [0.5, 0.6) is 10.8 Å². The Bertz CT molecular complexity index is 464. The Hall–Kier alpha value is -0.740. The maximum absolute atomic E-state index is 5.23. The fourth-order valence-corrected chi connectivity index (χ4v) is 3.10. The number of ether oxygens (including phenoxy) is 2. The number of rotatable bonds is 2. The first-order valence-corrected chi connectivity index (χ1v) is 5.67. The van der Waals surface area contributed by atoms with Gasteiger partial charge in [0.2, 0.25) is 0 Å². The molecule has 14 heavy (non-hydrogen) atoms. The minimum atomic E-state index is 0.869. The van der Waals surface area contributed by atoms with Crippen molar-refractivity contribution in [2.45, 2.75) is 0 Å². The lowest BCUT2D eigenvalue weighted by atomic mass is 10.2. The molecule has 2 aromatic rings. The zero-order valence-electron chi connectivity index (χ0n) is 7.83. The van der Waals surface area contributed by atoms with E-state index in [1.54, 1.807) is 25.6 Å². The molecule has 1 aromatic heterocycles. The van der Waals surface area contributed by atoms with Gasteiger partial charge in [-0.2, -0.15) is 0 Å². The quantitative estimate of drug-likeness (QED) is 0.831. The van der Waals surface area contributed by atoms with E-state index < -0.39 is 0 Å². The summed E-state index contributed by atoms with van der Waals surface area (Å²) in [6, 6.07) is 5.98. The maximum Gasteiger partial charge on any atom is 0.189 e. The molecular weight excluding hydrogens is 264 g/mol. The van der Waals surface area contributed by atoms with E-state index >= 15 is 0 Å². The molecule has 0 N–H and O–H groups in total. The first kappa shape index (κ1) is 9.80. The number of fused-ring (bicyclic) bond motifs is 1. The van der Waals surface area contributed by atoms with Crippen LogP contribution in [0, 0.1) is 0 Å². The van der Waals surface area contributed by atoms with Gasteiger partial charge in [0.05, 0.1) is 18.7 Å². The molecule has 1 aromatic carbocycles. The summed E-state index contributed by atoms with van der Waals surface area (Å²) in [6.45, 7) is 0. The molecule has 1 heterocycles. The maximum atomic E-state index is 5.23. The summed E-state index contributed by atoms with van der Waals surface area (Å²) in [4.78, 5) is 0. The standard InChI is InChI=1S/C10H9BrO2S/c1-12-6-3-4-7-8(5-6)14-10(13-2)9(7)11/h3-5H,1-2H3. The van der Waals surface area contributed by atoms with Crippen molar-refractivity contribution in [1.29, 1.82) is 0 Å². The summed E-state index contributed by atoms with van der Waals surface area (Å²) >= 11 is 5.11. The number of hydrogen-bond donors (Lipinski definition) is 0. The summed E-state index contributed by atoms with van der Waals surface area (Å²) in [5.74, 6) is 0.869. The molecule has 0 saturated heterocycles. The van der Waals surface area contributed by atoms with Crippen LogP contribution in [0.25, 0.3) is 10.1 Å². The van der Waals surface area contributed by atoms with Crippen LogP contribution >= 0.6 is 27.3 Å². The molecule has 0 fully saturated rings. The van der Waals surface area contributed by atoms with Gasteiger partial charge in [0, 0.05) is 10.1 Å². The van der Waals surface area contributed by atoms with Crippen molar-refractivity contribution in [3.05, 3.63) is 22.7 Å². The predicted molar refractivity (Wildman–Crippen MR) is 62.6 cm³/mol. The SMILES string of the molecule is COc1ccc2c(Br)c(OC)sc2c1. The molecule has 0 amide bonds. The Morgan fingerprint density at radius 1 is 1.21 bits per heavy atom. The molecule has 0 aliphatic heterocycles. The zero-order valence-corrected chi connectivity index (χ0v) is 10.2. The number of thiophene rings is 1. The van der Waals surface area contributed by atoms with Crippen LogP contribution in [-0.2, 0) is 0 Å². The zero-order chi connectivity index (χ0) is 10.1. The highest BCUT2D eigenvalue weighted by Gasteiger charge is 2.10. The minimum absolute atomic E-state index is 0.869. The highest BCUT2D eigenvalue weighted by atomic mass is 79.9. The van der Waals surface area contributed by atoms with Crippen molar-refractivity contribution >= 4 is 37.4 Å². The van der Waals surface area contributed by atoms with Gasteiger partial charge < -0.3 is 9.47 Å². The van der Waals surface area contributed by atoms with Crippen LogP contribution in [-0.4, -0.2) is 14.2 Å². The lowest BCUT2D eigenvalue weighted by Crippen LogP contribution is -1.80. The molecule has 2 rings (SSSR count). The third-order valence-electron chi connectivity index (χ3n) is 1.99. The van der Waals surface area contributed by atoms with Crippen LogP contribution < -0.4 is 9.47 Å². The van der Waals surface area contributed by atoms with Gasteiger partial charge >= 0.3 is 0 Å². The normalized spacial score (nSPS) is 10.5. The highest BCUT2D eigenvalue weighted by molar-refractivity contribution is 9.10. The third kappa shape index (κ3) is 1.48. The molecule has 0 unspecified atom stereocenters. The molecule has 0 bridgehead atoms. The predicted octanol–water partition coefficient (Wildman–Crippen LogP) is 3.68. The van der Waals surface area contributed by atoms with E-state index in [0.717, 1.165) is 25.4 Å². The van der Waals surface area contributed by atoms with Crippen LogP contribution in [0.15, 0.2) is 22.7 Å². The Balaban J connectivity index is 2.66. The molecule has 74 valence electrons. The lowest BCUT2D eigenvalue weighted by Gasteiger charge is -1.97. The minimum Gasteiger partial charge on any atom is -0.497 e. The second-order valence-corrected chi connectivity index (χ2v) is 4.58. The van der Waals surface area contributed by atoms with E-state index in [2.05, 4.69) is 15.9 Å². The topological polar surface area (TPSA) is 18.5 Å². The van der Waals surface area contributed by atoms with Gasteiger partial charge in [-0.1, -0.05) is 11.3 Å². The Kier molecular flexibility index (Phi) is 2.65. The van der Waals surface area contributed by atoms with Gasteiger partial charge in [-0.3, -0.25) is 0 Å². The molecule has 0 saturated carbocycles. The molecule has 0 aliphatic carbocycles. The van der Waals surface area contributed by atoms with Crippen LogP contribution in [0.1, 0.15) is 0 Å². The van der Waals surface area contributed by atoms with Crippen LogP contribution in [0.3, 0.4) is 0 Å².